The number of hydrogen-bond donors (Lipinski definition) is 13. The molecule has 0 spiro atoms. The highest BCUT2D eigenvalue weighted by Crippen LogP contribution is 2.14. The number of hydrogen-bond acceptors (Lipinski definition) is 16. The average molecular weight is 864 g/mol. The molecule has 0 aliphatic heterocycles. The van der Waals surface area contributed by atoms with Gasteiger partial charge in [-0.1, -0.05) is 5.11 Å². The molecule has 0 aromatic heterocycles. The van der Waals surface area contributed by atoms with Gasteiger partial charge in [-0.05, 0) is 58.9 Å². The van der Waals surface area contributed by atoms with Crippen LogP contribution >= 0.6 is 0 Å². The number of nitrogens with zero attached hydrogens (tertiary/aromatic N) is 3. The van der Waals surface area contributed by atoms with E-state index in [2.05, 4.69) is 41.9 Å². The molecule has 60 heavy (non-hydrogen) atoms. The van der Waals surface area contributed by atoms with Crippen molar-refractivity contribution in [3.63, 3.8) is 0 Å². The lowest BCUT2D eigenvalue weighted by molar-refractivity contribution is -0.143. The second kappa shape index (κ2) is 29.9. The second-order valence-corrected chi connectivity index (χ2v) is 13.9. The van der Waals surface area contributed by atoms with Crippen LogP contribution in [0.3, 0.4) is 0 Å². The summed E-state index contributed by atoms with van der Waals surface area (Å²) in [5.74, 6) is -7.86. The molecule has 0 bridgehead atoms. The first-order valence-electron chi connectivity index (χ1n) is 19.0. The Balaban J connectivity index is 4.71. The molecule has 0 radical (unpaired) electrons. The zero-order valence-electron chi connectivity index (χ0n) is 34.2. The number of ether oxygens (including phenoxy) is 2. The van der Waals surface area contributed by atoms with Crippen LogP contribution < -0.4 is 43.0 Å². The number of nitrogens with one attached hydrogen (secondary N) is 7. The van der Waals surface area contributed by atoms with E-state index in [0.717, 1.165) is 6.92 Å². The topological polar surface area (TPSA) is 415 Å². The van der Waals surface area contributed by atoms with E-state index in [1.54, 1.807) is 0 Å². The molecular weight excluding hydrogens is 802 g/mol. The number of carbonyl (C=O) groups excluding carboxylic acids is 7. The Labute approximate surface area is 346 Å². The van der Waals surface area contributed by atoms with Crippen molar-refractivity contribution >= 4 is 47.3 Å². The van der Waals surface area contributed by atoms with Gasteiger partial charge in [0.05, 0.1) is 51.3 Å². The summed E-state index contributed by atoms with van der Waals surface area (Å²) in [5, 5.41) is 65.9. The maximum absolute atomic E-state index is 12.8. The van der Waals surface area contributed by atoms with Gasteiger partial charge in [-0.2, -0.15) is 0 Å². The molecule has 7 unspecified atom stereocenters. The third-order valence-corrected chi connectivity index (χ3v) is 8.42. The minimum Gasteiger partial charge on any atom is -0.480 e. The Bertz CT molecular complexity index is 1470. The zero-order valence-corrected chi connectivity index (χ0v) is 34.2. The number of carboxylic acids is 1. The van der Waals surface area contributed by atoms with E-state index in [0.29, 0.717) is 32.4 Å². The Morgan fingerprint density at radius 1 is 0.683 bits per heavy atom. The molecule has 0 fully saturated rings. The van der Waals surface area contributed by atoms with E-state index >= 15 is 0 Å². The number of aliphatic hydroxyl groups excluding tert-OH is 4. The maximum Gasteiger partial charge on any atom is 0.328 e. The Hall–Kier alpha value is -5.21. The highest BCUT2D eigenvalue weighted by atomic mass is 16.5. The van der Waals surface area contributed by atoms with E-state index in [4.69, 9.17) is 31.0 Å². The predicted molar refractivity (Wildman–Crippen MR) is 208 cm³/mol. The van der Waals surface area contributed by atoms with Gasteiger partial charge in [-0.15, -0.1) is 0 Å². The SMILES string of the molecule is CC(NC(=O)C(N)CCCCNC(=O)CCOCCC(C)(C)OCCN=[N+]=[N-])C(=O)NC(CO)C(=O)NC(CO)C(=O)NC(C)C(=O)NC(CO)C(=O)NC(CO)C(=O)O. The fraction of sp³-hybridized carbons (Fsp3) is 0.765. The summed E-state index contributed by atoms with van der Waals surface area (Å²) in [6.07, 6.45) is 1.88. The Morgan fingerprint density at radius 2 is 1.15 bits per heavy atom. The van der Waals surface area contributed by atoms with Crippen LogP contribution in [0.15, 0.2) is 5.11 Å². The second-order valence-electron chi connectivity index (χ2n) is 13.9. The fourth-order valence-corrected chi connectivity index (χ4v) is 4.67. The molecule has 7 atom stereocenters. The molecule has 26 nitrogen and oxygen atoms in total. The minimum atomic E-state index is -1.72. The number of carbonyl (C=O) groups is 8. The molecule has 342 valence electrons. The van der Waals surface area contributed by atoms with E-state index in [1.165, 1.54) is 6.92 Å². The van der Waals surface area contributed by atoms with Crippen LogP contribution in [-0.4, -0.2) is 180 Å². The summed E-state index contributed by atoms with van der Waals surface area (Å²) in [4.78, 5) is 101. The summed E-state index contributed by atoms with van der Waals surface area (Å²) in [7, 11) is 0. The lowest BCUT2D eigenvalue weighted by Gasteiger charge is -2.24. The van der Waals surface area contributed by atoms with Crippen molar-refractivity contribution < 1.29 is 73.4 Å². The first kappa shape index (κ1) is 54.8. The van der Waals surface area contributed by atoms with E-state index in [-0.39, 0.29) is 38.5 Å². The molecule has 7 amide bonds. The van der Waals surface area contributed by atoms with Gasteiger partial charge in [0, 0.05) is 31.0 Å². The molecule has 0 aliphatic rings. The van der Waals surface area contributed by atoms with Gasteiger partial charge in [-0.3, -0.25) is 33.6 Å². The van der Waals surface area contributed by atoms with Crippen molar-refractivity contribution in [2.75, 3.05) is 59.3 Å². The standard InChI is InChI=1S/C34H61N11O15/c1-19(39-29(53)21(35)7-5-6-10-37-26(50)8-12-59-13-9-34(3,4)60-14-11-38-45-36)27(51)41-23(16-47)31(55)43-22(15-46)30(54)40-20(2)28(52)42-24(17-48)32(56)44-25(18-49)33(57)58/h19-25,46-49H,5-18,35H2,1-4H3,(H,37,50)(H,39,53)(H,40,54)(H,41,51)(H,42,52)(H,43,55)(H,44,56)(H,57,58). The summed E-state index contributed by atoms with van der Waals surface area (Å²) in [6, 6.07) is -10.5. The van der Waals surface area contributed by atoms with Crippen molar-refractivity contribution in [2.45, 2.75) is 108 Å². The maximum atomic E-state index is 12.8. The number of azide groups is 1. The van der Waals surface area contributed by atoms with Crippen LogP contribution in [0.4, 0.5) is 0 Å². The van der Waals surface area contributed by atoms with Crippen LogP contribution in [0.5, 0.6) is 0 Å². The monoisotopic (exact) mass is 863 g/mol. The first-order valence-corrected chi connectivity index (χ1v) is 19.0. The molecule has 0 aromatic carbocycles. The van der Waals surface area contributed by atoms with Crippen molar-refractivity contribution in [3.8, 4) is 0 Å². The van der Waals surface area contributed by atoms with E-state index in [1.807, 2.05) is 19.2 Å². The number of carboxylic acid groups (broad SMARTS) is 1. The van der Waals surface area contributed by atoms with Crippen LogP contribution in [0, 0.1) is 0 Å². The summed E-state index contributed by atoms with van der Waals surface area (Å²) in [6.45, 7) is 3.64. The smallest absolute Gasteiger partial charge is 0.328 e. The normalized spacial score (nSPS) is 14.6. The van der Waals surface area contributed by atoms with Gasteiger partial charge in [0.15, 0.2) is 0 Å². The molecule has 0 aliphatic carbocycles. The number of aliphatic carboxylic acids is 1. The molecule has 0 rings (SSSR count). The first-order chi connectivity index (χ1) is 28.3. The molecule has 14 N–H and O–H groups in total. The summed E-state index contributed by atoms with van der Waals surface area (Å²) >= 11 is 0. The largest absolute Gasteiger partial charge is 0.480 e. The van der Waals surface area contributed by atoms with Crippen molar-refractivity contribution in [3.05, 3.63) is 10.4 Å². The summed E-state index contributed by atoms with van der Waals surface area (Å²) < 4.78 is 11.1. The van der Waals surface area contributed by atoms with Gasteiger partial charge in [0.2, 0.25) is 41.4 Å². The van der Waals surface area contributed by atoms with Gasteiger partial charge < -0.3 is 78.0 Å². The van der Waals surface area contributed by atoms with E-state index in [9.17, 15) is 53.7 Å². The number of aliphatic hydroxyl groups is 4. The molecular formula is C34H61N11O15. The average Bonchev–Trinajstić information content (AvgIpc) is 3.20. The third-order valence-electron chi connectivity index (χ3n) is 8.42. The van der Waals surface area contributed by atoms with Crippen molar-refractivity contribution in [1.29, 1.82) is 0 Å². The Kier molecular flexibility index (Phi) is 27.3. The van der Waals surface area contributed by atoms with Crippen LogP contribution in [0.2, 0.25) is 0 Å². The van der Waals surface area contributed by atoms with Crippen LogP contribution in [0.25, 0.3) is 10.4 Å². The number of rotatable bonds is 32. The highest BCUT2D eigenvalue weighted by Gasteiger charge is 2.31. The van der Waals surface area contributed by atoms with Crippen molar-refractivity contribution in [1.82, 2.24) is 37.2 Å². The van der Waals surface area contributed by atoms with Gasteiger partial charge >= 0.3 is 5.97 Å². The molecule has 0 saturated heterocycles. The Morgan fingerprint density at radius 3 is 1.63 bits per heavy atom. The zero-order chi connectivity index (χ0) is 45.8. The lowest BCUT2D eigenvalue weighted by atomic mass is 10.1. The molecule has 26 heteroatoms. The van der Waals surface area contributed by atoms with Gasteiger partial charge in [0.1, 0.15) is 36.3 Å². The highest BCUT2D eigenvalue weighted by molar-refractivity contribution is 5.97. The lowest BCUT2D eigenvalue weighted by Crippen LogP contribution is -2.60. The van der Waals surface area contributed by atoms with Crippen molar-refractivity contribution in [2.24, 2.45) is 10.8 Å². The molecule has 0 heterocycles. The van der Waals surface area contributed by atoms with Gasteiger partial charge in [0.25, 0.3) is 0 Å². The summed E-state index contributed by atoms with van der Waals surface area (Å²) in [5.41, 5.74) is 13.8. The van der Waals surface area contributed by atoms with Gasteiger partial charge in [-0.25, -0.2) is 4.79 Å². The molecule has 0 saturated carbocycles. The van der Waals surface area contributed by atoms with E-state index < -0.39 is 116 Å². The van der Waals surface area contributed by atoms with Crippen LogP contribution in [0.1, 0.15) is 59.8 Å². The third kappa shape index (κ3) is 22.8. The minimum absolute atomic E-state index is 0.140. The molecule has 0 aromatic rings. The quantitative estimate of drug-likeness (QED) is 0.0130. The number of unbranched alkanes of at least 4 members (excludes halogenated alkanes) is 1. The number of amides is 7. The number of nitrogens with two attached hydrogens (primary N) is 1. The van der Waals surface area contributed by atoms with Crippen LogP contribution in [-0.2, 0) is 47.8 Å². The fourth-order valence-electron chi connectivity index (χ4n) is 4.67. The predicted octanol–water partition coefficient (Wildman–Crippen LogP) is -5.50.